The lowest BCUT2D eigenvalue weighted by molar-refractivity contribution is -0.120. The molecule has 4 rings (SSSR count). The second-order valence-corrected chi connectivity index (χ2v) is 7.29. The molecule has 156 valence electrons. The Kier molecular flexibility index (Phi) is 5.72. The van der Waals surface area contributed by atoms with E-state index in [2.05, 4.69) is 10.2 Å². The van der Waals surface area contributed by atoms with Gasteiger partial charge in [0.2, 0.25) is 5.91 Å². The van der Waals surface area contributed by atoms with E-state index in [-0.39, 0.29) is 17.5 Å². The summed E-state index contributed by atoms with van der Waals surface area (Å²) in [6, 6.07) is 11.6. The Hall–Kier alpha value is -3.31. The number of benzene rings is 2. The Morgan fingerprint density at radius 3 is 2.60 bits per heavy atom. The van der Waals surface area contributed by atoms with Crippen molar-refractivity contribution in [3.8, 4) is 17.6 Å². The first-order chi connectivity index (χ1) is 14.6. The molecule has 0 aliphatic carbocycles. The van der Waals surface area contributed by atoms with E-state index in [1.165, 1.54) is 6.07 Å². The van der Waals surface area contributed by atoms with E-state index < -0.39 is 5.82 Å². The molecular formula is C22H23FN4O3. The van der Waals surface area contributed by atoms with Gasteiger partial charge >= 0.3 is 0 Å². The van der Waals surface area contributed by atoms with Gasteiger partial charge in [-0.05, 0) is 31.2 Å². The summed E-state index contributed by atoms with van der Waals surface area (Å²) in [4.78, 5) is 16.8. The van der Waals surface area contributed by atoms with E-state index in [4.69, 9.17) is 9.47 Å². The van der Waals surface area contributed by atoms with E-state index >= 15 is 0 Å². The second-order valence-electron chi connectivity index (χ2n) is 7.29. The third-order valence-electron chi connectivity index (χ3n) is 5.50. The fraction of sp³-hybridized carbons (Fsp3) is 0.364. The molecule has 7 nitrogen and oxygen atoms in total. The van der Waals surface area contributed by atoms with E-state index in [1.807, 2.05) is 17.9 Å². The number of nitriles is 1. The van der Waals surface area contributed by atoms with Crippen molar-refractivity contribution in [2.24, 2.45) is 0 Å². The van der Waals surface area contributed by atoms with Crippen LogP contribution in [0.1, 0.15) is 12.5 Å². The van der Waals surface area contributed by atoms with Crippen molar-refractivity contribution in [2.45, 2.75) is 13.0 Å². The molecule has 2 aliphatic rings. The zero-order valence-corrected chi connectivity index (χ0v) is 16.7. The van der Waals surface area contributed by atoms with Crippen molar-refractivity contribution >= 4 is 17.3 Å². The van der Waals surface area contributed by atoms with Crippen molar-refractivity contribution in [3.63, 3.8) is 0 Å². The standard InChI is InChI=1S/C22H23FN4O3/c1-15(22(28)25-16-5-6-20-21(13-16)30-12-11-29-20)26-7-9-27(10-8-26)19-4-2-3-18(23)17(19)14-24/h2-6,13,15H,7-12H2,1H3,(H,25,28). The molecule has 1 unspecified atom stereocenters. The van der Waals surface area contributed by atoms with Crippen molar-refractivity contribution < 1.29 is 18.7 Å². The molecule has 2 aromatic carbocycles. The number of hydrogen-bond donors (Lipinski definition) is 1. The maximum Gasteiger partial charge on any atom is 0.241 e. The zero-order chi connectivity index (χ0) is 21.1. The van der Waals surface area contributed by atoms with Crippen LogP contribution < -0.4 is 19.7 Å². The fourth-order valence-electron chi connectivity index (χ4n) is 3.77. The van der Waals surface area contributed by atoms with Gasteiger partial charge in [-0.2, -0.15) is 5.26 Å². The average molecular weight is 410 g/mol. The van der Waals surface area contributed by atoms with E-state index in [0.29, 0.717) is 62.3 Å². The molecule has 1 N–H and O–H groups in total. The normalized spacial score (nSPS) is 17.2. The zero-order valence-electron chi connectivity index (χ0n) is 16.7. The van der Waals surface area contributed by atoms with Crippen LogP contribution in [0.4, 0.5) is 15.8 Å². The quantitative estimate of drug-likeness (QED) is 0.835. The van der Waals surface area contributed by atoms with Gasteiger partial charge in [-0.25, -0.2) is 4.39 Å². The number of nitrogens with zero attached hydrogens (tertiary/aromatic N) is 3. The number of ether oxygens (including phenoxy) is 2. The van der Waals surface area contributed by atoms with Gasteiger partial charge in [-0.1, -0.05) is 6.07 Å². The number of piperazine rings is 1. The summed E-state index contributed by atoms with van der Waals surface area (Å²) in [6.07, 6.45) is 0. The highest BCUT2D eigenvalue weighted by atomic mass is 19.1. The maximum atomic E-state index is 13.9. The van der Waals surface area contributed by atoms with Crippen LogP contribution in [0.5, 0.6) is 11.5 Å². The minimum absolute atomic E-state index is 0.0651. The minimum Gasteiger partial charge on any atom is -0.486 e. The molecule has 8 heteroatoms. The molecule has 0 radical (unpaired) electrons. The number of halogens is 1. The SMILES string of the molecule is CC(C(=O)Nc1ccc2c(c1)OCCO2)N1CCN(c2cccc(F)c2C#N)CC1. The smallest absolute Gasteiger partial charge is 0.241 e. The van der Waals surface area contributed by atoms with Crippen LogP contribution in [-0.2, 0) is 4.79 Å². The predicted octanol–water partition coefficient (Wildman–Crippen LogP) is 2.62. The Labute approximate surface area is 174 Å². The van der Waals surface area contributed by atoms with E-state index in [0.717, 1.165) is 0 Å². The molecule has 1 atom stereocenters. The third kappa shape index (κ3) is 4.02. The topological polar surface area (TPSA) is 77.8 Å². The van der Waals surface area contributed by atoms with Crippen molar-refractivity contribution in [1.29, 1.82) is 5.26 Å². The van der Waals surface area contributed by atoms with Gasteiger partial charge in [0.1, 0.15) is 30.7 Å². The lowest BCUT2D eigenvalue weighted by Gasteiger charge is -2.38. The van der Waals surface area contributed by atoms with Crippen molar-refractivity contribution in [2.75, 3.05) is 49.6 Å². The third-order valence-corrected chi connectivity index (χ3v) is 5.50. The maximum absolute atomic E-state index is 13.9. The summed E-state index contributed by atoms with van der Waals surface area (Å²) in [6.45, 7) is 5.37. The van der Waals surface area contributed by atoms with Gasteiger partial charge in [0.15, 0.2) is 11.5 Å². The number of carbonyl (C=O) groups excluding carboxylic acids is 1. The fourth-order valence-corrected chi connectivity index (χ4v) is 3.77. The van der Waals surface area contributed by atoms with Gasteiger partial charge in [-0.3, -0.25) is 9.69 Å². The monoisotopic (exact) mass is 410 g/mol. The van der Waals surface area contributed by atoms with Crippen LogP contribution in [0.15, 0.2) is 36.4 Å². The van der Waals surface area contributed by atoms with Crippen LogP contribution in [0.25, 0.3) is 0 Å². The lowest BCUT2D eigenvalue weighted by atomic mass is 10.1. The van der Waals surface area contributed by atoms with Crippen LogP contribution in [0.2, 0.25) is 0 Å². The first kappa shape index (κ1) is 20.0. The van der Waals surface area contributed by atoms with Gasteiger partial charge in [-0.15, -0.1) is 0 Å². The van der Waals surface area contributed by atoms with Gasteiger partial charge in [0.05, 0.1) is 11.7 Å². The molecule has 2 aliphatic heterocycles. The number of hydrogen-bond acceptors (Lipinski definition) is 6. The highest BCUT2D eigenvalue weighted by molar-refractivity contribution is 5.94. The Morgan fingerprint density at radius 2 is 1.87 bits per heavy atom. The lowest BCUT2D eigenvalue weighted by Crippen LogP contribution is -2.53. The molecule has 2 heterocycles. The summed E-state index contributed by atoms with van der Waals surface area (Å²) in [5.41, 5.74) is 1.33. The number of anilines is 2. The molecule has 1 amide bonds. The Morgan fingerprint density at radius 1 is 1.13 bits per heavy atom. The van der Waals surface area contributed by atoms with Gasteiger partial charge in [0.25, 0.3) is 0 Å². The van der Waals surface area contributed by atoms with E-state index in [9.17, 15) is 14.4 Å². The summed E-state index contributed by atoms with van der Waals surface area (Å²) >= 11 is 0. The van der Waals surface area contributed by atoms with Gasteiger partial charge in [0, 0.05) is 37.9 Å². The molecular weight excluding hydrogens is 387 g/mol. The summed E-state index contributed by atoms with van der Waals surface area (Å²) in [5, 5.41) is 12.2. The van der Waals surface area contributed by atoms with Gasteiger partial charge < -0.3 is 19.7 Å². The molecule has 0 spiro atoms. The van der Waals surface area contributed by atoms with Crippen LogP contribution >= 0.6 is 0 Å². The Bertz CT molecular complexity index is 983. The largest absolute Gasteiger partial charge is 0.486 e. The second kappa shape index (κ2) is 8.59. The number of fused-ring (bicyclic) bond motifs is 1. The summed E-state index contributed by atoms with van der Waals surface area (Å²) in [7, 11) is 0. The molecule has 30 heavy (non-hydrogen) atoms. The highest BCUT2D eigenvalue weighted by Gasteiger charge is 2.27. The van der Waals surface area contributed by atoms with Crippen LogP contribution in [0, 0.1) is 17.1 Å². The highest BCUT2D eigenvalue weighted by Crippen LogP contribution is 2.32. The number of nitrogens with one attached hydrogen (secondary N) is 1. The first-order valence-electron chi connectivity index (χ1n) is 9.95. The number of amides is 1. The van der Waals surface area contributed by atoms with Crippen LogP contribution in [0.3, 0.4) is 0 Å². The number of carbonyl (C=O) groups is 1. The molecule has 0 saturated carbocycles. The average Bonchev–Trinajstić information content (AvgIpc) is 2.78. The molecule has 1 saturated heterocycles. The summed E-state index contributed by atoms with van der Waals surface area (Å²) in [5.74, 6) is 0.689. The molecule has 0 aromatic heterocycles. The predicted molar refractivity (Wildman–Crippen MR) is 110 cm³/mol. The summed E-state index contributed by atoms with van der Waals surface area (Å²) < 4.78 is 25.0. The van der Waals surface area contributed by atoms with Crippen molar-refractivity contribution in [1.82, 2.24) is 4.90 Å². The molecule has 0 bridgehead atoms. The Balaban J connectivity index is 1.36. The molecule has 2 aromatic rings. The van der Waals surface area contributed by atoms with Crippen LogP contribution in [-0.4, -0.2) is 56.2 Å². The first-order valence-corrected chi connectivity index (χ1v) is 9.95. The molecule has 1 fully saturated rings. The van der Waals surface area contributed by atoms with E-state index in [1.54, 1.807) is 30.3 Å². The van der Waals surface area contributed by atoms with Crippen molar-refractivity contribution in [3.05, 3.63) is 47.8 Å². The number of rotatable bonds is 4. The minimum atomic E-state index is -0.510.